The van der Waals surface area contributed by atoms with E-state index >= 15 is 0 Å². The fraction of sp³-hybridized carbons (Fsp3) is 0.308. The molecule has 0 bridgehead atoms. The van der Waals surface area contributed by atoms with E-state index in [0.717, 1.165) is 10.9 Å². The van der Waals surface area contributed by atoms with Crippen molar-refractivity contribution in [2.75, 3.05) is 0 Å². The quantitative estimate of drug-likeness (QED) is 0.855. The average Bonchev–Trinajstić information content (AvgIpc) is 2.66. The molecule has 17 heavy (non-hydrogen) atoms. The molecule has 1 atom stereocenters. The molecule has 0 spiro atoms. The van der Waals surface area contributed by atoms with Crippen LogP contribution in [0.25, 0.3) is 10.9 Å². The lowest BCUT2D eigenvalue weighted by Gasteiger charge is -2.16. The highest BCUT2D eigenvalue weighted by molar-refractivity contribution is 5.84. The third-order valence-corrected chi connectivity index (χ3v) is 2.81. The Morgan fingerprint density at radius 1 is 1.29 bits per heavy atom. The maximum Gasteiger partial charge on any atom is 0.338 e. The Labute approximate surface area is 99.1 Å². The van der Waals surface area contributed by atoms with E-state index in [1.165, 1.54) is 0 Å². The smallest absolute Gasteiger partial charge is 0.338 e. The van der Waals surface area contributed by atoms with Gasteiger partial charge in [-0.1, -0.05) is 18.2 Å². The number of aliphatic carboxylic acids is 1. The van der Waals surface area contributed by atoms with Crippen molar-refractivity contribution in [2.24, 2.45) is 0 Å². The molecule has 1 aromatic carbocycles. The monoisotopic (exact) mass is 233 g/mol. The fourth-order valence-corrected chi connectivity index (χ4v) is 2.11. The molecule has 0 aliphatic heterocycles. The van der Waals surface area contributed by atoms with Crippen molar-refractivity contribution in [3.05, 3.63) is 36.0 Å². The Hall–Kier alpha value is -1.81. The molecular formula is C13H15NO3. The van der Waals surface area contributed by atoms with Gasteiger partial charge in [-0.3, -0.25) is 0 Å². The van der Waals surface area contributed by atoms with Crippen LogP contribution in [0.4, 0.5) is 0 Å². The van der Waals surface area contributed by atoms with Crippen LogP contribution in [0.3, 0.4) is 0 Å². The Morgan fingerprint density at radius 2 is 1.94 bits per heavy atom. The number of nitrogens with zero attached hydrogens (tertiary/aromatic N) is 1. The Bertz CT molecular complexity index is 557. The van der Waals surface area contributed by atoms with Crippen molar-refractivity contribution in [3.8, 4) is 0 Å². The summed E-state index contributed by atoms with van der Waals surface area (Å²) in [5.41, 5.74) is 1.37. The summed E-state index contributed by atoms with van der Waals surface area (Å²) in [6, 6.07) is 9.45. The zero-order chi connectivity index (χ0) is 12.6. The van der Waals surface area contributed by atoms with Gasteiger partial charge >= 0.3 is 5.97 Å². The first-order chi connectivity index (χ1) is 8.02. The third kappa shape index (κ3) is 1.91. The number of hydrogen-bond donors (Lipinski definition) is 2. The minimum Gasteiger partial charge on any atom is -0.479 e. The highest BCUT2D eigenvalue weighted by atomic mass is 16.4. The van der Waals surface area contributed by atoms with Crippen molar-refractivity contribution in [1.82, 2.24) is 4.57 Å². The number of rotatable bonds is 3. The molecular weight excluding hydrogens is 218 g/mol. The first kappa shape index (κ1) is 11.7. The molecule has 0 saturated heterocycles. The van der Waals surface area contributed by atoms with Crippen LogP contribution in [0.15, 0.2) is 30.3 Å². The van der Waals surface area contributed by atoms with Gasteiger partial charge in [0, 0.05) is 11.6 Å². The molecule has 4 heteroatoms. The van der Waals surface area contributed by atoms with Gasteiger partial charge in [-0.05, 0) is 31.4 Å². The molecule has 1 unspecified atom stereocenters. The Morgan fingerprint density at radius 3 is 2.53 bits per heavy atom. The molecule has 2 aromatic rings. The molecule has 0 amide bonds. The molecule has 4 nitrogen and oxygen atoms in total. The minimum absolute atomic E-state index is 0.0962. The van der Waals surface area contributed by atoms with Crippen molar-refractivity contribution in [2.45, 2.75) is 26.0 Å². The molecule has 2 N–H and O–H groups in total. The van der Waals surface area contributed by atoms with E-state index in [1.54, 1.807) is 6.07 Å². The van der Waals surface area contributed by atoms with E-state index in [9.17, 15) is 9.90 Å². The third-order valence-electron chi connectivity index (χ3n) is 2.81. The van der Waals surface area contributed by atoms with E-state index in [-0.39, 0.29) is 6.04 Å². The van der Waals surface area contributed by atoms with E-state index in [4.69, 9.17) is 5.11 Å². The topological polar surface area (TPSA) is 62.5 Å². The number of fused-ring (bicyclic) bond motifs is 1. The van der Waals surface area contributed by atoms with Gasteiger partial charge in [-0.15, -0.1) is 0 Å². The van der Waals surface area contributed by atoms with Gasteiger partial charge in [-0.2, -0.15) is 0 Å². The van der Waals surface area contributed by atoms with Crippen molar-refractivity contribution < 1.29 is 15.0 Å². The van der Waals surface area contributed by atoms with Crippen LogP contribution in [-0.2, 0) is 4.79 Å². The maximum atomic E-state index is 10.9. The summed E-state index contributed by atoms with van der Waals surface area (Å²) in [6.07, 6.45) is -1.48. The van der Waals surface area contributed by atoms with Crippen LogP contribution >= 0.6 is 0 Å². The zero-order valence-corrected chi connectivity index (χ0v) is 9.79. The number of para-hydroxylation sites is 1. The second kappa shape index (κ2) is 4.22. The summed E-state index contributed by atoms with van der Waals surface area (Å²) < 4.78 is 1.86. The van der Waals surface area contributed by atoms with Crippen molar-refractivity contribution in [1.29, 1.82) is 0 Å². The molecule has 0 fully saturated rings. The van der Waals surface area contributed by atoms with Crippen LogP contribution in [0.1, 0.15) is 31.7 Å². The predicted octanol–water partition coefficient (Wildman–Crippen LogP) is 2.34. The van der Waals surface area contributed by atoms with E-state index in [0.29, 0.717) is 5.69 Å². The van der Waals surface area contributed by atoms with Gasteiger partial charge in [0.15, 0.2) is 6.10 Å². The number of benzene rings is 1. The number of carbonyl (C=O) groups is 1. The van der Waals surface area contributed by atoms with E-state index < -0.39 is 12.1 Å². The highest BCUT2D eigenvalue weighted by Gasteiger charge is 2.22. The standard InChI is InChI=1S/C13H15NO3/c1-8(2)14-10-6-4-3-5-9(10)7-11(14)12(15)13(16)17/h3-8,12,15H,1-2H3,(H,16,17). The van der Waals surface area contributed by atoms with Crippen LogP contribution in [-0.4, -0.2) is 20.7 Å². The minimum atomic E-state index is -1.48. The normalized spacial score (nSPS) is 13.2. The van der Waals surface area contributed by atoms with Crippen LogP contribution in [0.2, 0.25) is 0 Å². The van der Waals surface area contributed by atoms with Gasteiger partial charge in [0.1, 0.15) is 0 Å². The van der Waals surface area contributed by atoms with Gasteiger partial charge < -0.3 is 14.8 Å². The van der Waals surface area contributed by atoms with E-state index in [2.05, 4.69) is 0 Å². The van der Waals surface area contributed by atoms with Crippen LogP contribution in [0, 0.1) is 0 Å². The summed E-state index contributed by atoms with van der Waals surface area (Å²) in [7, 11) is 0. The average molecular weight is 233 g/mol. The lowest BCUT2D eigenvalue weighted by molar-refractivity contribution is -0.147. The molecule has 90 valence electrons. The van der Waals surface area contributed by atoms with Crippen LogP contribution in [0.5, 0.6) is 0 Å². The number of carboxylic acid groups (broad SMARTS) is 1. The van der Waals surface area contributed by atoms with Crippen molar-refractivity contribution in [3.63, 3.8) is 0 Å². The molecule has 1 aromatic heterocycles. The summed E-state index contributed by atoms with van der Waals surface area (Å²) in [4.78, 5) is 10.9. The summed E-state index contributed by atoms with van der Waals surface area (Å²) in [5, 5.41) is 19.6. The highest BCUT2D eigenvalue weighted by Crippen LogP contribution is 2.28. The summed E-state index contributed by atoms with van der Waals surface area (Å²) >= 11 is 0. The second-order valence-electron chi connectivity index (χ2n) is 4.33. The molecule has 2 rings (SSSR count). The molecule has 1 heterocycles. The zero-order valence-electron chi connectivity index (χ0n) is 9.79. The molecule has 0 aliphatic carbocycles. The van der Waals surface area contributed by atoms with Gasteiger partial charge in [-0.25, -0.2) is 4.79 Å². The second-order valence-corrected chi connectivity index (χ2v) is 4.33. The SMILES string of the molecule is CC(C)n1c(C(O)C(=O)O)cc2ccccc21. The first-order valence-corrected chi connectivity index (χ1v) is 5.53. The van der Waals surface area contributed by atoms with Gasteiger partial charge in [0.05, 0.1) is 5.69 Å². The maximum absolute atomic E-state index is 10.9. The summed E-state index contributed by atoms with van der Waals surface area (Å²) in [6.45, 7) is 3.93. The number of carboxylic acids is 1. The fourth-order valence-electron chi connectivity index (χ4n) is 2.11. The van der Waals surface area contributed by atoms with E-state index in [1.807, 2.05) is 42.7 Å². The first-order valence-electron chi connectivity index (χ1n) is 5.53. The Balaban J connectivity index is 2.70. The number of hydrogen-bond acceptors (Lipinski definition) is 2. The predicted molar refractivity (Wildman–Crippen MR) is 64.9 cm³/mol. The van der Waals surface area contributed by atoms with Crippen molar-refractivity contribution >= 4 is 16.9 Å². The number of aromatic nitrogens is 1. The molecule has 0 saturated carbocycles. The summed E-state index contributed by atoms with van der Waals surface area (Å²) in [5.74, 6) is -1.23. The Kier molecular flexibility index (Phi) is 2.90. The van der Waals surface area contributed by atoms with Gasteiger partial charge in [0.2, 0.25) is 0 Å². The lowest BCUT2D eigenvalue weighted by Crippen LogP contribution is -2.16. The van der Waals surface area contributed by atoms with Crippen LogP contribution < -0.4 is 0 Å². The molecule has 0 radical (unpaired) electrons. The van der Waals surface area contributed by atoms with Gasteiger partial charge in [0.25, 0.3) is 0 Å². The number of aliphatic hydroxyl groups is 1. The number of aliphatic hydroxyl groups excluding tert-OH is 1. The largest absolute Gasteiger partial charge is 0.479 e. The lowest BCUT2D eigenvalue weighted by atomic mass is 10.2. The molecule has 0 aliphatic rings.